The van der Waals surface area contributed by atoms with E-state index in [1.807, 2.05) is 30.3 Å². The van der Waals surface area contributed by atoms with E-state index in [1.54, 1.807) is 47.9 Å². The molecule has 2 N–H and O–H groups in total. The largest absolute Gasteiger partial charge is 0.350 e. The summed E-state index contributed by atoms with van der Waals surface area (Å²) in [6.07, 6.45) is 1.68. The molecule has 1 saturated heterocycles. The van der Waals surface area contributed by atoms with Crippen LogP contribution in [0.4, 0.5) is 10.5 Å². The molecule has 1 aliphatic heterocycles. The standard InChI is InChI=1S/C24H19N3O4S2/c28-21(17-9-4-5-10-18(17)26-22(29)19-11-6-14-32-19)25-12-13-27-23(30)20(33-24(27)31)15-16-7-2-1-3-8-16/h1-11,14-15H,12-13H2,(H,25,28)(H,26,29)/b20-15-. The van der Waals surface area contributed by atoms with Gasteiger partial charge in [-0.3, -0.25) is 24.1 Å². The molecule has 0 spiro atoms. The Hall–Kier alpha value is -3.69. The zero-order valence-corrected chi connectivity index (χ0v) is 18.9. The van der Waals surface area contributed by atoms with Gasteiger partial charge in [-0.2, -0.15) is 0 Å². The Balaban J connectivity index is 1.36. The van der Waals surface area contributed by atoms with Gasteiger partial charge in [0.15, 0.2) is 0 Å². The highest BCUT2D eigenvalue weighted by atomic mass is 32.2. The average molecular weight is 478 g/mol. The SMILES string of the molecule is O=C(Nc1ccccc1C(=O)NCCN1C(=O)S/C(=C\c2ccccc2)C1=O)c1cccs1. The Kier molecular flexibility index (Phi) is 7.01. The molecule has 0 unspecified atom stereocenters. The Bertz CT molecular complexity index is 1220. The third-order valence-corrected chi connectivity index (χ3v) is 6.53. The van der Waals surface area contributed by atoms with E-state index < -0.39 is 5.91 Å². The van der Waals surface area contributed by atoms with E-state index >= 15 is 0 Å². The highest BCUT2D eigenvalue weighted by molar-refractivity contribution is 8.18. The van der Waals surface area contributed by atoms with Gasteiger partial charge in [0.05, 0.1) is 21.0 Å². The molecule has 1 fully saturated rings. The molecule has 1 aliphatic rings. The highest BCUT2D eigenvalue weighted by Gasteiger charge is 2.34. The lowest BCUT2D eigenvalue weighted by Crippen LogP contribution is -2.37. The monoisotopic (exact) mass is 477 g/mol. The number of nitrogens with one attached hydrogen (secondary N) is 2. The molecule has 0 saturated carbocycles. The van der Waals surface area contributed by atoms with E-state index in [0.717, 1.165) is 22.2 Å². The van der Waals surface area contributed by atoms with Crippen molar-refractivity contribution >= 4 is 57.8 Å². The van der Waals surface area contributed by atoms with Crippen LogP contribution in [0.25, 0.3) is 6.08 Å². The predicted molar refractivity (Wildman–Crippen MR) is 130 cm³/mol. The van der Waals surface area contributed by atoms with Gasteiger partial charge in [0.2, 0.25) is 0 Å². The van der Waals surface area contributed by atoms with Crippen molar-refractivity contribution in [2.24, 2.45) is 0 Å². The molecule has 0 radical (unpaired) electrons. The molecule has 2 heterocycles. The van der Waals surface area contributed by atoms with E-state index in [2.05, 4.69) is 10.6 Å². The second-order valence-corrected chi connectivity index (χ2v) is 8.92. The Labute approximate surface area is 198 Å². The second kappa shape index (κ2) is 10.3. The molecule has 0 bridgehead atoms. The first-order chi connectivity index (χ1) is 16.0. The zero-order valence-electron chi connectivity index (χ0n) is 17.3. The smallest absolute Gasteiger partial charge is 0.293 e. The van der Waals surface area contributed by atoms with Gasteiger partial charge in [-0.25, -0.2) is 0 Å². The lowest BCUT2D eigenvalue weighted by atomic mass is 10.1. The molecule has 3 aromatic rings. The zero-order chi connectivity index (χ0) is 23.2. The maximum absolute atomic E-state index is 12.7. The summed E-state index contributed by atoms with van der Waals surface area (Å²) < 4.78 is 0. The molecular weight excluding hydrogens is 458 g/mol. The van der Waals surface area contributed by atoms with Gasteiger partial charge in [0.1, 0.15) is 0 Å². The summed E-state index contributed by atoms with van der Waals surface area (Å²) >= 11 is 2.18. The molecule has 7 nitrogen and oxygen atoms in total. The van der Waals surface area contributed by atoms with Crippen LogP contribution in [-0.4, -0.2) is 41.0 Å². The van der Waals surface area contributed by atoms with E-state index in [1.165, 1.54) is 11.3 Å². The van der Waals surface area contributed by atoms with Crippen molar-refractivity contribution in [3.05, 3.63) is 93.0 Å². The van der Waals surface area contributed by atoms with Crippen LogP contribution in [0.15, 0.2) is 77.0 Å². The molecule has 4 rings (SSSR count). The maximum atomic E-state index is 12.7. The average Bonchev–Trinajstić information content (AvgIpc) is 3.45. The Morgan fingerprint density at radius 3 is 2.42 bits per heavy atom. The molecule has 166 valence electrons. The number of carbonyl (C=O) groups excluding carboxylic acids is 4. The summed E-state index contributed by atoms with van der Waals surface area (Å²) in [5.74, 6) is -1.09. The van der Waals surface area contributed by atoms with Crippen LogP contribution in [0.1, 0.15) is 25.6 Å². The second-order valence-electron chi connectivity index (χ2n) is 6.98. The van der Waals surface area contributed by atoms with Crippen molar-refractivity contribution in [1.29, 1.82) is 0 Å². The van der Waals surface area contributed by atoms with Crippen LogP contribution in [-0.2, 0) is 4.79 Å². The summed E-state index contributed by atoms with van der Waals surface area (Å²) in [6, 6.07) is 19.4. The summed E-state index contributed by atoms with van der Waals surface area (Å²) in [4.78, 5) is 52.0. The first-order valence-corrected chi connectivity index (χ1v) is 11.7. The Morgan fingerprint density at radius 1 is 0.909 bits per heavy atom. The van der Waals surface area contributed by atoms with Gasteiger partial charge < -0.3 is 10.6 Å². The number of hydrogen-bond acceptors (Lipinski definition) is 6. The van der Waals surface area contributed by atoms with Crippen molar-refractivity contribution in [1.82, 2.24) is 10.2 Å². The minimum atomic E-state index is -0.413. The summed E-state index contributed by atoms with van der Waals surface area (Å²) in [7, 11) is 0. The van der Waals surface area contributed by atoms with Crippen LogP contribution >= 0.6 is 23.1 Å². The summed E-state index contributed by atoms with van der Waals surface area (Å²) in [5.41, 5.74) is 1.50. The Morgan fingerprint density at radius 2 is 1.67 bits per heavy atom. The molecular formula is C24H19N3O4S2. The van der Waals surface area contributed by atoms with Crippen LogP contribution in [0.3, 0.4) is 0 Å². The summed E-state index contributed by atoms with van der Waals surface area (Å²) in [5, 5.41) is 6.89. The number of anilines is 1. The van der Waals surface area contributed by atoms with Crippen LogP contribution in [0.2, 0.25) is 0 Å². The van der Waals surface area contributed by atoms with Crippen LogP contribution < -0.4 is 10.6 Å². The fourth-order valence-electron chi connectivity index (χ4n) is 3.15. The molecule has 4 amide bonds. The van der Waals surface area contributed by atoms with E-state index in [9.17, 15) is 19.2 Å². The molecule has 0 aliphatic carbocycles. The van der Waals surface area contributed by atoms with E-state index in [0.29, 0.717) is 21.0 Å². The molecule has 2 aromatic carbocycles. The lowest BCUT2D eigenvalue weighted by molar-refractivity contribution is -0.122. The molecule has 9 heteroatoms. The number of hydrogen-bond donors (Lipinski definition) is 2. The van der Waals surface area contributed by atoms with Crippen molar-refractivity contribution in [2.45, 2.75) is 0 Å². The van der Waals surface area contributed by atoms with Gasteiger partial charge in [-0.05, 0) is 47.0 Å². The predicted octanol–water partition coefficient (Wildman–Crippen LogP) is 4.47. The quantitative estimate of drug-likeness (QED) is 0.490. The van der Waals surface area contributed by atoms with Crippen molar-refractivity contribution in [2.75, 3.05) is 18.4 Å². The van der Waals surface area contributed by atoms with Crippen molar-refractivity contribution < 1.29 is 19.2 Å². The van der Waals surface area contributed by atoms with E-state index in [-0.39, 0.29) is 30.1 Å². The van der Waals surface area contributed by atoms with Gasteiger partial charge in [0.25, 0.3) is 23.0 Å². The number of amides is 4. The first-order valence-electron chi connectivity index (χ1n) is 10.1. The number of para-hydroxylation sites is 1. The van der Waals surface area contributed by atoms with Crippen molar-refractivity contribution in [3.63, 3.8) is 0 Å². The molecule has 33 heavy (non-hydrogen) atoms. The normalized spacial score (nSPS) is 14.5. The number of rotatable bonds is 7. The number of benzene rings is 2. The number of imide groups is 1. The minimum Gasteiger partial charge on any atom is -0.350 e. The van der Waals surface area contributed by atoms with Crippen LogP contribution in [0.5, 0.6) is 0 Å². The number of thiophene rings is 1. The van der Waals surface area contributed by atoms with Gasteiger partial charge in [0, 0.05) is 13.1 Å². The fourth-order valence-corrected chi connectivity index (χ4v) is 4.64. The summed E-state index contributed by atoms with van der Waals surface area (Å²) in [6.45, 7) is 0.134. The fraction of sp³-hybridized carbons (Fsp3) is 0.0833. The number of nitrogens with zero attached hydrogens (tertiary/aromatic N) is 1. The lowest BCUT2D eigenvalue weighted by Gasteiger charge is -2.14. The third-order valence-electron chi connectivity index (χ3n) is 4.76. The number of thioether (sulfide) groups is 1. The topological polar surface area (TPSA) is 95.6 Å². The first kappa shape index (κ1) is 22.5. The minimum absolute atomic E-state index is 0.0479. The van der Waals surface area contributed by atoms with Gasteiger partial charge in [-0.15, -0.1) is 11.3 Å². The van der Waals surface area contributed by atoms with Gasteiger partial charge >= 0.3 is 0 Å². The van der Waals surface area contributed by atoms with E-state index in [4.69, 9.17) is 0 Å². The van der Waals surface area contributed by atoms with Crippen molar-refractivity contribution in [3.8, 4) is 0 Å². The third kappa shape index (κ3) is 5.39. The van der Waals surface area contributed by atoms with Gasteiger partial charge in [-0.1, -0.05) is 48.5 Å². The van der Waals surface area contributed by atoms with Crippen LogP contribution in [0, 0.1) is 0 Å². The molecule has 1 aromatic heterocycles. The highest BCUT2D eigenvalue weighted by Crippen LogP contribution is 2.31. The number of carbonyl (C=O) groups is 4. The maximum Gasteiger partial charge on any atom is 0.293 e. The molecule has 0 atom stereocenters.